The molecular formula is C22H34FNO2. The van der Waals surface area contributed by atoms with E-state index < -0.39 is 5.83 Å². The number of allylic oxidation sites excluding steroid dienone is 2. The van der Waals surface area contributed by atoms with Gasteiger partial charge in [-0.1, -0.05) is 26.2 Å². The first kappa shape index (κ1) is 20.9. The molecule has 2 saturated carbocycles. The number of ether oxygens (including phenoxy) is 1. The molecule has 0 unspecified atom stereocenters. The van der Waals surface area contributed by atoms with Crippen LogP contribution in [0.2, 0.25) is 0 Å². The maximum absolute atomic E-state index is 12.8. The second-order valence-corrected chi connectivity index (χ2v) is 8.18. The van der Waals surface area contributed by atoms with Gasteiger partial charge >= 0.3 is 5.97 Å². The fraction of sp³-hybridized carbons (Fsp3) is 0.818. The summed E-state index contributed by atoms with van der Waals surface area (Å²) in [5.41, 5.74) is 0. The van der Waals surface area contributed by atoms with Crippen molar-refractivity contribution in [1.29, 1.82) is 5.26 Å². The van der Waals surface area contributed by atoms with Gasteiger partial charge in [0.25, 0.3) is 0 Å². The summed E-state index contributed by atoms with van der Waals surface area (Å²) in [4.78, 5) is 12.5. The fourth-order valence-corrected chi connectivity index (χ4v) is 4.47. The van der Waals surface area contributed by atoms with Crippen LogP contribution < -0.4 is 0 Å². The van der Waals surface area contributed by atoms with E-state index in [1.165, 1.54) is 44.2 Å². The summed E-state index contributed by atoms with van der Waals surface area (Å²) in [6.07, 6.45) is 15.2. The van der Waals surface area contributed by atoms with Crippen LogP contribution in [-0.2, 0) is 9.53 Å². The fourth-order valence-electron chi connectivity index (χ4n) is 4.47. The molecule has 2 rings (SSSR count). The van der Waals surface area contributed by atoms with E-state index in [-0.39, 0.29) is 18.0 Å². The summed E-state index contributed by atoms with van der Waals surface area (Å²) in [5, 5.41) is 8.41. The smallest absolute Gasteiger partial charge is 0.309 e. The molecule has 0 atom stereocenters. The molecule has 0 N–H and O–H groups in total. The van der Waals surface area contributed by atoms with Crippen molar-refractivity contribution < 1.29 is 13.9 Å². The van der Waals surface area contributed by atoms with E-state index in [1.807, 2.05) is 0 Å². The Kier molecular flexibility index (Phi) is 9.15. The van der Waals surface area contributed by atoms with Gasteiger partial charge in [0.1, 0.15) is 12.2 Å². The first-order chi connectivity index (χ1) is 12.6. The zero-order valence-corrected chi connectivity index (χ0v) is 16.2. The van der Waals surface area contributed by atoms with E-state index >= 15 is 0 Å². The zero-order valence-electron chi connectivity index (χ0n) is 16.2. The van der Waals surface area contributed by atoms with E-state index in [9.17, 15) is 9.18 Å². The summed E-state index contributed by atoms with van der Waals surface area (Å²) in [7, 11) is 0. The van der Waals surface area contributed by atoms with Crippen LogP contribution in [0.4, 0.5) is 4.39 Å². The van der Waals surface area contributed by atoms with Crippen LogP contribution in [0.5, 0.6) is 0 Å². The first-order valence-corrected chi connectivity index (χ1v) is 10.6. The van der Waals surface area contributed by atoms with Crippen molar-refractivity contribution in [2.75, 3.05) is 0 Å². The molecular weight excluding hydrogens is 329 g/mol. The van der Waals surface area contributed by atoms with Gasteiger partial charge in [-0.05, 0) is 82.1 Å². The average Bonchev–Trinajstić information content (AvgIpc) is 2.67. The third-order valence-electron chi connectivity index (χ3n) is 6.23. The van der Waals surface area contributed by atoms with Crippen LogP contribution >= 0.6 is 0 Å². The molecule has 146 valence electrons. The van der Waals surface area contributed by atoms with Crippen LogP contribution in [0, 0.1) is 29.1 Å². The Bertz CT molecular complexity index is 495. The lowest BCUT2D eigenvalue weighted by Gasteiger charge is -2.31. The molecule has 0 bridgehead atoms. The van der Waals surface area contributed by atoms with Gasteiger partial charge in [-0.3, -0.25) is 4.79 Å². The normalized spacial score (nSPS) is 29.8. The molecule has 2 aliphatic carbocycles. The lowest BCUT2D eigenvalue weighted by molar-refractivity contribution is -0.157. The Morgan fingerprint density at radius 3 is 2.31 bits per heavy atom. The van der Waals surface area contributed by atoms with Crippen molar-refractivity contribution in [3.8, 4) is 6.07 Å². The summed E-state index contributed by atoms with van der Waals surface area (Å²) in [6.45, 7) is 2.24. The van der Waals surface area contributed by atoms with E-state index in [1.54, 1.807) is 0 Å². The molecule has 0 spiro atoms. The lowest BCUT2D eigenvalue weighted by atomic mass is 9.80. The third kappa shape index (κ3) is 7.09. The highest BCUT2D eigenvalue weighted by atomic mass is 19.1. The van der Waals surface area contributed by atoms with Crippen molar-refractivity contribution in [1.82, 2.24) is 0 Å². The monoisotopic (exact) mass is 363 g/mol. The maximum atomic E-state index is 12.8. The van der Waals surface area contributed by atoms with Crippen LogP contribution in [-0.4, -0.2) is 12.1 Å². The van der Waals surface area contributed by atoms with Crippen molar-refractivity contribution in [3.05, 3.63) is 11.9 Å². The van der Waals surface area contributed by atoms with Crippen LogP contribution in [0.15, 0.2) is 11.9 Å². The second-order valence-electron chi connectivity index (χ2n) is 8.18. The maximum Gasteiger partial charge on any atom is 0.309 e. The Hall–Kier alpha value is -1.37. The van der Waals surface area contributed by atoms with Gasteiger partial charge in [0.2, 0.25) is 0 Å². The Labute approximate surface area is 158 Å². The third-order valence-corrected chi connectivity index (χ3v) is 6.23. The largest absolute Gasteiger partial charge is 0.462 e. The van der Waals surface area contributed by atoms with Crippen LogP contribution in [0.1, 0.15) is 90.4 Å². The number of carbonyl (C=O) groups excluding carboxylic acids is 1. The standard InChI is InChI=1S/C22H34FNO2/c1-2-3-5-17-10-14-21(15-11-17)26-22(25)19-12-8-18(9-13-19)6-4-7-20(23)16-24/h7,17-19,21H,2-6,8-15H2,1H3/b20-7+. The average molecular weight is 364 g/mol. The summed E-state index contributed by atoms with van der Waals surface area (Å²) in [6, 6.07) is 1.51. The van der Waals surface area contributed by atoms with E-state index in [4.69, 9.17) is 10.00 Å². The number of unbranched alkanes of at least 4 members (excludes halogenated alkanes) is 1. The van der Waals surface area contributed by atoms with Crippen LogP contribution in [0.3, 0.4) is 0 Å². The van der Waals surface area contributed by atoms with Gasteiger partial charge in [-0.25, -0.2) is 0 Å². The van der Waals surface area contributed by atoms with Crippen molar-refractivity contribution in [2.45, 2.75) is 96.5 Å². The Balaban J connectivity index is 1.62. The summed E-state index contributed by atoms with van der Waals surface area (Å²) >= 11 is 0. The molecule has 26 heavy (non-hydrogen) atoms. The van der Waals surface area contributed by atoms with E-state index in [2.05, 4.69) is 6.92 Å². The van der Waals surface area contributed by atoms with Gasteiger partial charge in [0.15, 0.2) is 5.83 Å². The Morgan fingerprint density at radius 1 is 1.08 bits per heavy atom. The molecule has 2 fully saturated rings. The second kappa shape index (κ2) is 11.4. The molecule has 0 aromatic rings. The van der Waals surface area contributed by atoms with Gasteiger partial charge < -0.3 is 4.74 Å². The minimum atomic E-state index is -0.688. The molecule has 0 radical (unpaired) electrons. The van der Waals surface area contributed by atoms with Gasteiger partial charge in [0.05, 0.1) is 5.92 Å². The highest BCUT2D eigenvalue weighted by Crippen LogP contribution is 2.34. The number of halogens is 1. The molecule has 0 aliphatic heterocycles. The van der Waals surface area contributed by atoms with Crippen molar-refractivity contribution in [2.24, 2.45) is 17.8 Å². The topological polar surface area (TPSA) is 50.1 Å². The molecule has 3 nitrogen and oxygen atoms in total. The lowest BCUT2D eigenvalue weighted by Crippen LogP contribution is -2.30. The van der Waals surface area contributed by atoms with E-state index in [0.717, 1.165) is 50.9 Å². The minimum absolute atomic E-state index is 0.0101. The quantitative estimate of drug-likeness (QED) is 0.379. The SMILES string of the molecule is CCCCC1CCC(OC(=O)C2CCC(CC/C=C(/F)C#N)CC2)CC1. The molecule has 0 aromatic carbocycles. The number of rotatable bonds is 8. The van der Waals surface area contributed by atoms with Crippen LogP contribution in [0.25, 0.3) is 0 Å². The number of esters is 1. The van der Waals surface area contributed by atoms with Gasteiger partial charge in [-0.15, -0.1) is 0 Å². The van der Waals surface area contributed by atoms with E-state index in [0.29, 0.717) is 12.3 Å². The predicted molar refractivity (Wildman–Crippen MR) is 101 cm³/mol. The molecule has 2 aliphatic rings. The molecule has 4 heteroatoms. The molecule has 0 heterocycles. The number of hydrogen-bond donors (Lipinski definition) is 0. The molecule has 0 saturated heterocycles. The molecule has 0 amide bonds. The number of nitriles is 1. The predicted octanol–water partition coefficient (Wildman–Crippen LogP) is 6.24. The highest BCUT2D eigenvalue weighted by molar-refractivity contribution is 5.72. The highest BCUT2D eigenvalue weighted by Gasteiger charge is 2.30. The van der Waals surface area contributed by atoms with Crippen molar-refractivity contribution >= 4 is 5.97 Å². The summed E-state index contributed by atoms with van der Waals surface area (Å²) in [5.74, 6) is 0.745. The minimum Gasteiger partial charge on any atom is -0.462 e. The van der Waals surface area contributed by atoms with Crippen molar-refractivity contribution in [3.63, 3.8) is 0 Å². The first-order valence-electron chi connectivity index (χ1n) is 10.6. The molecule has 0 aromatic heterocycles. The van der Waals surface area contributed by atoms with Gasteiger partial charge in [0, 0.05) is 0 Å². The summed E-state index contributed by atoms with van der Waals surface area (Å²) < 4.78 is 18.6. The number of hydrogen-bond acceptors (Lipinski definition) is 3. The number of carbonyl (C=O) groups is 1. The number of nitrogens with zero attached hydrogens (tertiary/aromatic N) is 1. The Morgan fingerprint density at radius 2 is 1.69 bits per heavy atom. The van der Waals surface area contributed by atoms with Gasteiger partial charge in [-0.2, -0.15) is 9.65 Å². The zero-order chi connectivity index (χ0) is 18.8.